The fraction of sp³-hybridized carbons (Fsp3) is 0.0714. The van der Waals surface area contributed by atoms with Gasteiger partial charge in [0.2, 0.25) is 0 Å². The Balaban J connectivity index is 1.98. The van der Waals surface area contributed by atoms with Gasteiger partial charge in [0.05, 0.1) is 35.5 Å². The Morgan fingerprint density at radius 1 is 0.947 bits per heavy atom. The second-order valence-electron chi connectivity index (χ2n) is 4.22. The molecule has 0 spiro atoms. The summed E-state index contributed by atoms with van der Waals surface area (Å²) < 4.78 is 1.61. The van der Waals surface area contributed by atoms with E-state index in [0.717, 1.165) is 22.5 Å². The Hall–Kier alpha value is -2.69. The summed E-state index contributed by atoms with van der Waals surface area (Å²) >= 11 is 0. The van der Waals surface area contributed by atoms with E-state index >= 15 is 0 Å². The van der Waals surface area contributed by atoms with E-state index in [0.29, 0.717) is 5.82 Å². The number of aryl methyl sites for hydroxylation is 1. The minimum atomic E-state index is 0.585. The van der Waals surface area contributed by atoms with Crippen LogP contribution < -0.4 is 5.73 Å². The molecule has 0 radical (unpaired) electrons. The van der Waals surface area contributed by atoms with Crippen molar-refractivity contribution in [3.8, 4) is 22.5 Å². The summed E-state index contributed by atoms with van der Waals surface area (Å²) in [7, 11) is 1.80. The van der Waals surface area contributed by atoms with Gasteiger partial charge in [0.1, 0.15) is 5.82 Å². The number of anilines is 1. The normalized spacial score (nSPS) is 10.6. The number of hydrogen-bond acceptors (Lipinski definition) is 4. The number of rotatable bonds is 2. The van der Waals surface area contributed by atoms with Gasteiger partial charge < -0.3 is 5.73 Å². The van der Waals surface area contributed by atoms with Crippen LogP contribution in [0.3, 0.4) is 0 Å². The van der Waals surface area contributed by atoms with Gasteiger partial charge in [-0.1, -0.05) is 30.3 Å². The van der Waals surface area contributed by atoms with Crippen molar-refractivity contribution in [1.82, 2.24) is 19.7 Å². The van der Waals surface area contributed by atoms with E-state index in [1.807, 2.05) is 30.3 Å². The first-order chi connectivity index (χ1) is 9.25. The summed E-state index contributed by atoms with van der Waals surface area (Å²) in [6.07, 6.45) is 5.16. The summed E-state index contributed by atoms with van der Waals surface area (Å²) in [5.74, 6) is 0.585. The van der Waals surface area contributed by atoms with E-state index in [1.165, 1.54) is 0 Å². The van der Waals surface area contributed by atoms with Crippen LogP contribution >= 0.6 is 0 Å². The van der Waals surface area contributed by atoms with Gasteiger partial charge in [-0.15, -0.1) is 0 Å². The zero-order chi connectivity index (χ0) is 13.2. The third-order valence-corrected chi connectivity index (χ3v) is 2.98. The molecule has 5 heteroatoms. The molecular weight excluding hydrogens is 238 g/mol. The van der Waals surface area contributed by atoms with Crippen LogP contribution in [0.25, 0.3) is 22.5 Å². The largest absolute Gasteiger partial charge is 0.383 e. The molecule has 0 atom stereocenters. The van der Waals surface area contributed by atoms with Gasteiger partial charge in [0, 0.05) is 12.6 Å². The third-order valence-electron chi connectivity index (χ3n) is 2.98. The van der Waals surface area contributed by atoms with Crippen LogP contribution in [0.15, 0.2) is 48.9 Å². The number of aromatic nitrogens is 4. The first-order valence-corrected chi connectivity index (χ1v) is 5.91. The molecule has 0 aliphatic heterocycles. The zero-order valence-electron chi connectivity index (χ0n) is 10.5. The van der Waals surface area contributed by atoms with Crippen molar-refractivity contribution in [3.63, 3.8) is 0 Å². The molecule has 0 fully saturated rings. The summed E-state index contributed by atoms with van der Waals surface area (Å²) in [5.41, 5.74) is 9.33. The SMILES string of the molecule is Cn1ncc(-c2cnc(-c3ccccc3)cn2)c1N. The van der Waals surface area contributed by atoms with Crippen LogP contribution in [-0.4, -0.2) is 19.7 Å². The van der Waals surface area contributed by atoms with Crippen LogP contribution in [0.2, 0.25) is 0 Å². The lowest BCUT2D eigenvalue weighted by Crippen LogP contribution is -1.98. The van der Waals surface area contributed by atoms with Gasteiger partial charge in [-0.05, 0) is 0 Å². The molecule has 0 bridgehead atoms. The van der Waals surface area contributed by atoms with Gasteiger partial charge in [0.15, 0.2) is 0 Å². The molecular formula is C14H13N5. The van der Waals surface area contributed by atoms with Gasteiger partial charge >= 0.3 is 0 Å². The van der Waals surface area contributed by atoms with Crippen molar-refractivity contribution in [3.05, 3.63) is 48.9 Å². The smallest absolute Gasteiger partial charge is 0.130 e. The summed E-state index contributed by atoms with van der Waals surface area (Å²) in [6.45, 7) is 0. The monoisotopic (exact) mass is 251 g/mol. The molecule has 0 aliphatic carbocycles. The minimum absolute atomic E-state index is 0.585. The molecule has 19 heavy (non-hydrogen) atoms. The molecule has 0 amide bonds. The molecule has 0 aliphatic rings. The summed E-state index contributed by atoms with van der Waals surface area (Å²) in [5, 5.41) is 4.10. The molecule has 0 unspecified atom stereocenters. The van der Waals surface area contributed by atoms with E-state index in [-0.39, 0.29) is 0 Å². The average molecular weight is 251 g/mol. The molecule has 2 aromatic heterocycles. The number of nitrogens with two attached hydrogens (primary N) is 1. The Morgan fingerprint density at radius 3 is 2.21 bits per heavy atom. The van der Waals surface area contributed by atoms with Crippen molar-refractivity contribution in [2.75, 3.05) is 5.73 Å². The molecule has 3 rings (SSSR count). The predicted octanol–water partition coefficient (Wildman–Crippen LogP) is 2.13. The summed E-state index contributed by atoms with van der Waals surface area (Å²) in [4.78, 5) is 8.82. The Labute approximate surface area is 110 Å². The molecule has 2 N–H and O–H groups in total. The van der Waals surface area contributed by atoms with Crippen molar-refractivity contribution < 1.29 is 0 Å². The van der Waals surface area contributed by atoms with Crippen LogP contribution in [0.5, 0.6) is 0 Å². The van der Waals surface area contributed by atoms with Crippen molar-refractivity contribution in [2.45, 2.75) is 0 Å². The zero-order valence-corrected chi connectivity index (χ0v) is 10.5. The van der Waals surface area contributed by atoms with Crippen molar-refractivity contribution >= 4 is 5.82 Å². The number of nitrogens with zero attached hydrogens (tertiary/aromatic N) is 4. The lowest BCUT2D eigenvalue weighted by Gasteiger charge is -2.02. The highest BCUT2D eigenvalue weighted by molar-refractivity contribution is 5.70. The van der Waals surface area contributed by atoms with Crippen molar-refractivity contribution in [2.24, 2.45) is 7.05 Å². The highest BCUT2D eigenvalue weighted by Crippen LogP contribution is 2.23. The fourth-order valence-electron chi connectivity index (χ4n) is 1.87. The average Bonchev–Trinajstić information content (AvgIpc) is 2.80. The number of nitrogen functional groups attached to an aromatic ring is 1. The lowest BCUT2D eigenvalue weighted by molar-refractivity contribution is 0.779. The molecule has 0 saturated carbocycles. The lowest BCUT2D eigenvalue weighted by atomic mass is 10.1. The number of benzene rings is 1. The first-order valence-electron chi connectivity index (χ1n) is 5.91. The van der Waals surface area contributed by atoms with Crippen LogP contribution in [-0.2, 0) is 7.05 Å². The fourth-order valence-corrected chi connectivity index (χ4v) is 1.87. The molecule has 3 aromatic rings. The van der Waals surface area contributed by atoms with Crippen LogP contribution in [0.4, 0.5) is 5.82 Å². The maximum absolute atomic E-state index is 5.92. The minimum Gasteiger partial charge on any atom is -0.383 e. The van der Waals surface area contributed by atoms with Gasteiger partial charge in [0.25, 0.3) is 0 Å². The Kier molecular flexibility index (Phi) is 2.72. The standard InChI is InChI=1S/C14H13N5/c1-19-14(15)11(7-18-19)13-9-16-12(8-17-13)10-5-3-2-4-6-10/h2-9H,15H2,1H3. The Bertz CT molecular complexity index is 686. The van der Waals surface area contributed by atoms with Crippen LogP contribution in [0.1, 0.15) is 0 Å². The molecule has 2 heterocycles. The number of hydrogen-bond donors (Lipinski definition) is 1. The highest BCUT2D eigenvalue weighted by Gasteiger charge is 2.09. The molecule has 1 aromatic carbocycles. The molecule has 94 valence electrons. The Morgan fingerprint density at radius 2 is 1.63 bits per heavy atom. The van der Waals surface area contributed by atoms with E-state index in [4.69, 9.17) is 5.73 Å². The topological polar surface area (TPSA) is 69.6 Å². The quantitative estimate of drug-likeness (QED) is 0.757. The maximum atomic E-state index is 5.92. The van der Waals surface area contributed by atoms with E-state index < -0.39 is 0 Å². The van der Waals surface area contributed by atoms with Gasteiger partial charge in [-0.25, -0.2) is 0 Å². The predicted molar refractivity (Wildman–Crippen MR) is 74.1 cm³/mol. The molecule has 5 nitrogen and oxygen atoms in total. The highest BCUT2D eigenvalue weighted by atomic mass is 15.3. The van der Waals surface area contributed by atoms with E-state index in [1.54, 1.807) is 30.3 Å². The molecule has 0 saturated heterocycles. The second-order valence-corrected chi connectivity index (χ2v) is 4.22. The van der Waals surface area contributed by atoms with E-state index in [2.05, 4.69) is 15.1 Å². The van der Waals surface area contributed by atoms with Gasteiger partial charge in [-0.2, -0.15) is 5.10 Å². The maximum Gasteiger partial charge on any atom is 0.130 e. The van der Waals surface area contributed by atoms with Crippen LogP contribution in [0, 0.1) is 0 Å². The van der Waals surface area contributed by atoms with E-state index in [9.17, 15) is 0 Å². The summed E-state index contributed by atoms with van der Waals surface area (Å²) in [6, 6.07) is 9.93. The first kappa shape index (κ1) is 11.4. The third kappa shape index (κ3) is 2.06. The van der Waals surface area contributed by atoms with Gasteiger partial charge in [-0.3, -0.25) is 14.6 Å². The second kappa shape index (κ2) is 4.53. The van der Waals surface area contributed by atoms with Crippen molar-refractivity contribution in [1.29, 1.82) is 0 Å².